The molecule has 2 aromatic carbocycles. The average molecular weight is 331 g/mol. The van der Waals surface area contributed by atoms with Crippen LogP contribution in [0.3, 0.4) is 0 Å². The van der Waals surface area contributed by atoms with Crippen molar-refractivity contribution in [3.63, 3.8) is 0 Å². The molecule has 0 bridgehead atoms. The molecule has 0 radical (unpaired) electrons. The number of carbonyl (C=O) groups excluding carboxylic acids is 1. The molecule has 0 spiro atoms. The quantitative estimate of drug-likeness (QED) is 0.727. The Morgan fingerprint density at radius 3 is 2.80 bits per heavy atom. The van der Waals surface area contributed by atoms with Crippen LogP contribution in [0.15, 0.2) is 46.9 Å². The highest BCUT2D eigenvalue weighted by atomic mass is 79.9. The highest BCUT2D eigenvalue weighted by Gasteiger charge is 2.14. The first-order chi connectivity index (χ1) is 9.69. The minimum absolute atomic E-state index is 0.386. The zero-order chi connectivity index (χ0) is 14.1. The molecule has 0 aliphatic carbocycles. The lowest BCUT2D eigenvalue weighted by atomic mass is 10.2. The summed E-state index contributed by atoms with van der Waals surface area (Å²) in [6, 6.07) is 13.2. The number of rotatable bonds is 2. The number of aromatic amines is 1. The number of fused-ring (bicyclic) bond motifs is 1. The molecular formula is C15H11BrN2O2. The van der Waals surface area contributed by atoms with E-state index in [0.717, 1.165) is 21.4 Å². The molecule has 0 aliphatic rings. The van der Waals surface area contributed by atoms with Crippen LogP contribution in [0.5, 0.6) is 0 Å². The van der Waals surface area contributed by atoms with Crippen LogP contribution in [0.1, 0.15) is 10.4 Å². The van der Waals surface area contributed by atoms with Gasteiger partial charge in [0.2, 0.25) is 0 Å². The number of nitrogens with one attached hydrogen (secondary N) is 1. The number of ether oxygens (including phenoxy) is 1. The minimum atomic E-state index is -0.386. The van der Waals surface area contributed by atoms with Crippen molar-refractivity contribution in [2.45, 2.75) is 0 Å². The topological polar surface area (TPSA) is 55.0 Å². The molecule has 4 nitrogen and oxygen atoms in total. The molecule has 1 aromatic heterocycles. The van der Waals surface area contributed by atoms with Crippen LogP contribution in [-0.2, 0) is 4.74 Å². The van der Waals surface area contributed by atoms with Gasteiger partial charge in [0, 0.05) is 10.0 Å². The fraction of sp³-hybridized carbons (Fsp3) is 0.0667. The summed E-state index contributed by atoms with van der Waals surface area (Å²) >= 11 is 3.44. The van der Waals surface area contributed by atoms with Gasteiger partial charge in [0.1, 0.15) is 11.3 Å². The Bertz CT molecular complexity index is 795. The number of hydrogen-bond acceptors (Lipinski definition) is 3. The summed E-state index contributed by atoms with van der Waals surface area (Å²) in [7, 11) is 1.36. The van der Waals surface area contributed by atoms with E-state index in [-0.39, 0.29) is 5.97 Å². The summed E-state index contributed by atoms with van der Waals surface area (Å²) in [5, 5.41) is 0. The lowest BCUT2D eigenvalue weighted by molar-refractivity contribution is 0.0603. The van der Waals surface area contributed by atoms with E-state index in [1.54, 1.807) is 12.1 Å². The van der Waals surface area contributed by atoms with Crippen molar-refractivity contribution in [2.75, 3.05) is 7.11 Å². The molecule has 0 fully saturated rings. The number of benzene rings is 2. The lowest BCUT2D eigenvalue weighted by Crippen LogP contribution is -2.01. The molecular weight excluding hydrogens is 320 g/mol. The largest absolute Gasteiger partial charge is 0.465 e. The zero-order valence-electron chi connectivity index (χ0n) is 10.7. The number of para-hydroxylation sites is 1. The minimum Gasteiger partial charge on any atom is -0.465 e. The van der Waals surface area contributed by atoms with Crippen LogP contribution < -0.4 is 0 Å². The molecule has 0 aliphatic heterocycles. The van der Waals surface area contributed by atoms with E-state index in [2.05, 4.69) is 25.9 Å². The number of esters is 1. The third-order valence-electron chi connectivity index (χ3n) is 3.02. The molecule has 0 saturated carbocycles. The van der Waals surface area contributed by atoms with E-state index in [0.29, 0.717) is 11.1 Å². The molecule has 1 heterocycles. The van der Waals surface area contributed by atoms with Crippen molar-refractivity contribution in [3.8, 4) is 11.4 Å². The third kappa shape index (κ3) is 2.20. The Hall–Kier alpha value is -2.14. The van der Waals surface area contributed by atoms with E-state index >= 15 is 0 Å². The first-order valence-corrected chi connectivity index (χ1v) is 6.81. The smallest absolute Gasteiger partial charge is 0.340 e. The highest BCUT2D eigenvalue weighted by molar-refractivity contribution is 9.10. The highest BCUT2D eigenvalue weighted by Crippen LogP contribution is 2.25. The Balaban J connectivity index is 2.18. The SMILES string of the molecule is COC(=O)c1cccc2[nH]c(-c3cccc(Br)c3)nc12. The van der Waals surface area contributed by atoms with Gasteiger partial charge in [-0.1, -0.05) is 34.1 Å². The van der Waals surface area contributed by atoms with Gasteiger partial charge in [0.15, 0.2) is 0 Å². The number of aromatic nitrogens is 2. The van der Waals surface area contributed by atoms with E-state index in [9.17, 15) is 4.79 Å². The van der Waals surface area contributed by atoms with Gasteiger partial charge < -0.3 is 9.72 Å². The molecule has 20 heavy (non-hydrogen) atoms. The van der Waals surface area contributed by atoms with Gasteiger partial charge in [0.05, 0.1) is 18.2 Å². The number of nitrogens with zero attached hydrogens (tertiary/aromatic N) is 1. The number of methoxy groups -OCH3 is 1. The van der Waals surface area contributed by atoms with Crippen LogP contribution >= 0.6 is 15.9 Å². The van der Waals surface area contributed by atoms with E-state index < -0.39 is 0 Å². The maximum absolute atomic E-state index is 11.7. The molecule has 0 saturated heterocycles. The van der Waals surface area contributed by atoms with Crippen molar-refractivity contribution in [3.05, 3.63) is 52.5 Å². The molecule has 0 atom stereocenters. The van der Waals surface area contributed by atoms with E-state index in [1.807, 2.05) is 30.3 Å². The normalized spacial score (nSPS) is 10.7. The molecule has 100 valence electrons. The predicted octanol–water partition coefficient (Wildman–Crippen LogP) is 3.78. The number of halogens is 1. The molecule has 0 amide bonds. The second kappa shape index (κ2) is 5.09. The van der Waals surface area contributed by atoms with Crippen LogP contribution in [0.25, 0.3) is 22.4 Å². The van der Waals surface area contributed by atoms with Crippen LogP contribution in [-0.4, -0.2) is 23.0 Å². The van der Waals surface area contributed by atoms with Crippen molar-refractivity contribution in [1.29, 1.82) is 0 Å². The molecule has 3 aromatic rings. The number of H-pyrrole nitrogens is 1. The number of carbonyl (C=O) groups is 1. The second-order valence-corrected chi connectivity index (χ2v) is 5.20. The van der Waals surface area contributed by atoms with Gasteiger partial charge in [-0.25, -0.2) is 9.78 Å². The summed E-state index contributed by atoms with van der Waals surface area (Å²) in [6.07, 6.45) is 0. The van der Waals surface area contributed by atoms with Crippen LogP contribution in [0, 0.1) is 0 Å². The number of imidazole rings is 1. The lowest BCUT2D eigenvalue weighted by Gasteiger charge is -1.98. The Morgan fingerprint density at radius 1 is 1.25 bits per heavy atom. The fourth-order valence-electron chi connectivity index (χ4n) is 2.08. The number of hydrogen-bond donors (Lipinski definition) is 1. The van der Waals surface area contributed by atoms with Crippen molar-refractivity contribution < 1.29 is 9.53 Å². The average Bonchev–Trinajstić information content (AvgIpc) is 2.90. The zero-order valence-corrected chi connectivity index (χ0v) is 12.3. The first-order valence-electron chi connectivity index (χ1n) is 6.02. The third-order valence-corrected chi connectivity index (χ3v) is 3.51. The molecule has 0 unspecified atom stereocenters. The first kappa shape index (κ1) is 12.9. The van der Waals surface area contributed by atoms with Gasteiger partial charge in [-0.3, -0.25) is 0 Å². The van der Waals surface area contributed by atoms with Crippen molar-refractivity contribution >= 4 is 32.9 Å². The summed E-state index contributed by atoms with van der Waals surface area (Å²) in [4.78, 5) is 19.5. The van der Waals surface area contributed by atoms with Gasteiger partial charge in [-0.05, 0) is 24.3 Å². The summed E-state index contributed by atoms with van der Waals surface area (Å²) < 4.78 is 5.75. The van der Waals surface area contributed by atoms with Gasteiger partial charge in [-0.2, -0.15) is 0 Å². The molecule has 1 N–H and O–H groups in total. The van der Waals surface area contributed by atoms with E-state index in [4.69, 9.17) is 4.74 Å². The van der Waals surface area contributed by atoms with Crippen molar-refractivity contribution in [2.24, 2.45) is 0 Å². The van der Waals surface area contributed by atoms with Crippen LogP contribution in [0.2, 0.25) is 0 Å². The molecule has 5 heteroatoms. The Labute approximate surface area is 123 Å². The predicted molar refractivity (Wildman–Crippen MR) is 80.6 cm³/mol. The Kier molecular flexibility index (Phi) is 3.28. The second-order valence-electron chi connectivity index (χ2n) is 4.29. The van der Waals surface area contributed by atoms with Crippen LogP contribution in [0.4, 0.5) is 0 Å². The molecule has 3 rings (SSSR count). The van der Waals surface area contributed by atoms with Gasteiger partial charge in [0.25, 0.3) is 0 Å². The van der Waals surface area contributed by atoms with E-state index in [1.165, 1.54) is 7.11 Å². The van der Waals surface area contributed by atoms with Gasteiger partial charge in [-0.15, -0.1) is 0 Å². The maximum Gasteiger partial charge on any atom is 0.340 e. The standard InChI is InChI=1S/C15H11BrN2O2/c1-20-15(19)11-6-3-7-12-13(11)18-14(17-12)9-4-2-5-10(16)8-9/h2-8H,1H3,(H,17,18). The fourth-order valence-corrected chi connectivity index (χ4v) is 2.48. The summed E-state index contributed by atoms with van der Waals surface area (Å²) in [5.74, 6) is 0.334. The maximum atomic E-state index is 11.7. The Morgan fingerprint density at radius 2 is 2.05 bits per heavy atom. The summed E-state index contributed by atoms with van der Waals surface area (Å²) in [6.45, 7) is 0. The van der Waals surface area contributed by atoms with Crippen molar-refractivity contribution in [1.82, 2.24) is 9.97 Å². The van der Waals surface area contributed by atoms with Gasteiger partial charge >= 0.3 is 5.97 Å². The summed E-state index contributed by atoms with van der Waals surface area (Å²) in [5.41, 5.74) is 2.84. The monoisotopic (exact) mass is 330 g/mol.